The maximum absolute atomic E-state index is 12.9. The van der Waals surface area contributed by atoms with Crippen molar-refractivity contribution in [2.24, 2.45) is 0 Å². The van der Waals surface area contributed by atoms with E-state index >= 15 is 0 Å². The number of carbonyl (C=O) groups is 2. The molecule has 6 nitrogen and oxygen atoms in total. The van der Waals surface area contributed by atoms with E-state index < -0.39 is 12.0 Å². The summed E-state index contributed by atoms with van der Waals surface area (Å²) in [6, 6.07) is 10.7. The highest BCUT2D eigenvalue weighted by molar-refractivity contribution is 6.01. The highest BCUT2D eigenvalue weighted by Gasteiger charge is 2.32. The quantitative estimate of drug-likeness (QED) is 0.846. The number of amides is 2. The molecule has 2 heterocycles. The van der Waals surface area contributed by atoms with Crippen LogP contribution in [0.1, 0.15) is 42.4 Å². The first kappa shape index (κ1) is 17.2. The molecule has 2 amide bonds. The number of benzene rings is 1. The Kier molecular flexibility index (Phi) is 5.19. The van der Waals surface area contributed by atoms with Crippen molar-refractivity contribution in [1.82, 2.24) is 5.32 Å². The van der Waals surface area contributed by atoms with E-state index in [2.05, 4.69) is 10.6 Å². The topological polar surface area (TPSA) is 80.6 Å². The summed E-state index contributed by atoms with van der Waals surface area (Å²) < 4.78 is 11.0. The van der Waals surface area contributed by atoms with Gasteiger partial charge in [0.05, 0.1) is 12.5 Å². The van der Waals surface area contributed by atoms with Crippen LogP contribution >= 0.6 is 0 Å². The monoisotopic (exact) mass is 342 g/mol. The van der Waals surface area contributed by atoms with Gasteiger partial charge >= 0.3 is 0 Å². The Hall–Kier alpha value is -2.60. The van der Waals surface area contributed by atoms with Crippen LogP contribution in [0.3, 0.4) is 0 Å². The summed E-state index contributed by atoms with van der Waals surface area (Å²) in [7, 11) is 1.58. The largest absolute Gasteiger partial charge is 0.464 e. The SMILES string of the molecule is CCc1ccc([C@H](COC)NC(=O)[C@@H]2CC(=O)Nc3ccccc32)o1. The second kappa shape index (κ2) is 7.53. The van der Waals surface area contributed by atoms with Gasteiger partial charge < -0.3 is 19.8 Å². The molecule has 132 valence electrons. The minimum absolute atomic E-state index is 0.126. The molecule has 0 aliphatic carbocycles. The molecule has 0 spiro atoms. The van der Waals surface area contributed by atoms with E-state index in [0.717, 1.165) is 17.7 Å². The fraction of sp³-hybridized carbons (Fsp3) is 0.368. The lowest BCUT2D eigenvalue weighted by Crippen LogP contribution is -2.38. The number of aryl methyl sites for hydroxylation is 1. The summed E-state index contributed by atoms with van der Waals surface area (Å²) in [6.07, 6.45) is 0.907. The smallest absolute Gasteiger partial charge is 0.228 e. The molecule has 0 unspecified atom stereocenters. The van der Waals surface area contributed by atoms with Gasteiger partial charge in [0.2, 0.25) is 11.8 Å². The van der Waals surface area contributed by atoms with Crippen LogP contribution in [0.4, 0.5) is 5.69 Å². The van der Waals surface area contributed by atoms with Gasteiger partial charge in [-0.05, 0) is 23.8 Å². The van der Waals surface area contributed by atoms with Gasteiger partial charge in [0, 0.05) is 25.6 Å². The number of methoxy groups -OCH3 is 1. The van der Waals surface area contributed by atoms with Crippen LogP contribution in [-0.4, -0.2) is 25.5 Å². The Bertz CT molecular complexity index is 768. The van der Waals surface area contributed by atoms with Crippen molar-refractivity contribution in [3.63, 3.8) is 0 Å². The van der Waals surface area contributed by atoms with Gasteiger partial charge in [-0.3, -0.25) is 9.59 Å². The predicted octanol–water partition coefficient (Wildman–Crippen LogP) is 2.77. The third kappa shape index (κ3) is 3.74. The Morgan fingerprint density at radius 1 is 1.36 bits per heavy atom. The molecule has 0 fully saturated rings. The lowest BCUT2D eigenvalue weighted by Gasteiger charge is -2.26. The number of para-hydroxylation sites is 1. The standard InChI is InChI=1S/C19H22N2O4/c1-3-12-8-9-17(25-12)16(11-24-2)21-19(23)14-10-18(22)20-15-7-5-4-6-13(14)15/h4-9,14,16H,3,10-11H2,1-2H3,(H,20,22)(H,21,23)/t14-,16+/m1/s1. The fourth-order valence-corrected chi connectivity index (χ4v) is 3.05. The first-order valence-electron chi connectivity index (χ1n) is 8.39. The molecule has 1 aliphatic heterocycles. The Morgan fingerprint density at radius 3 is 2.88 bits per heavy atom. The first-order valence-corrected chi connectivity index (χ1v) is 8.39. The third-order valence-electron chi connectivity index (χ3n) is 4.34. The fourth-order valence-electron chi connectivity index (χ4n) is 3.05. The molecule has 0 saturated carbocycles. The van der Waals surface area contributed by atoms with E-state index in [1.54, 1.807) is 13.2 Å². The molecule has 1 aromatic carbocycles. The first-order chi connectivity index (χ1) is 12.1. The van der Waals surface area contributed by atoms with E-state index in [-0.39, 0.29) is 18.2 Å². The summed E-state index contributed by atoms with van der Waals surface area (Å²) in [6.45, 7) is 2.30. The van der Waals surface area contributed by atoms with Crippen molar-refractivity contribution >= 4 is 17.5 Å². The number of hydrogen-bond donors (Lipinski definition) is 2. The van der Waals surface area contributed by atoms with Crippen molar-refractivity contribution in [1.29, 1.82) is 0 Å². The van der Waals surface area contributed by atoms with E-state index in [4.69, 9.17) is 9.15 Å². The number of fused-ring (bicyclic) bond motifs is 1. The molecule has 0 radical (unpaired) electrons. The Morgan fingerprint density at radius 2 is 2.16 bits per heavy atom. The number of furan rings is 1. The molecular weight excluding hydrogens is 320 g/mol. The summed E-state index contributed by atoms with van der Waals surface area (Å²) in [5.74, 6) is 0.616. The lowest BCUT2D eigenvalue weighted by molar-refractivity contribution is -0.127. The number of ether oxygens (including phenoxy) is 1. The Labute approximate surface area is 146 Å². The van der Waals surface area contributed by atoms with Crippen LogP contribution in [-0.2, 0) is 20.7 Å². The second-order valence-electron chi connectivity index (χ2n) is 6.07. The van der Waals surface area contributed by atoms with Crippen LogP contribution in [0, 0.1) is 0 Å². The van der Waals surface area contributed by atoms with Crippen LogP contribution in [0.5, 0.6) is 0 Å². The number of nitrogens with one attached hydrogen (secondary N) is 2. The van der Waals surface area contributed by atoms with E-state index in [9.17, 15) is 9.59 Å². The summed E-state index contributed by atoms with van der Waals surface area (Å²) in [4.78, 5) is 24.8. The number of anilines is 1. The van der Waals surface area contributed by atoms with Gasteiger partial charge in [0.25, 0.3) is 0 Å². The van der Waals surface area contributed by atoms with Crippen LogP contribution in [0.2, 0.25) is 0 Å². The van der Waals surface area contributed by atoms with E-state index in [1.807, 2.05) is 37.3 Å². The summed E-state index contributed by atoms with van der Waals surface area (Å²) >= 11 is 0. The van der Waals surface area contributed by atoms with Gasteiger partial charge in [0.1, 0.15) is 17.6 Å². The molecule has 2 atom stereocenters. The van der Waals surface area contributed by atoms with Crippen LogP contribution in [0.15, 0.2) is 40.8 Å². The molecule has 3 rings (SSSR count). The van der Waals surface area contributed by atoms with Crippen molar-refractivity contribution in [2.75, 3.05) is 19.0 Å². The average molecular weight is 342 g/mol. The highest BCUT2D eigenvalue weighted by atomic mass is 16.5. The van der Waals surface area contributed by atoms with E-state index in [1.165, 1.54) is 0 Å². The van der Waals surface area contributed by atoms with Gasteiger partial charge in [0.15, 0.2) is 0 Å². The van der Waals surface area contributed by atoms with Gasteiger partial charge in [-0.1, -0.05) is 25.1 Å². The zero-order valence-corrected chi connectivity index (χ0v) is 14.4. The van der Waals surface area contributed by atoms with Crippen LogP contribution in [0.25, 0.3) is 0 Å². The molecule has 6 heteroatoms. The number of hydrogen-bond acceptors (Lipinski definition) is 4. The normalized spacial score (nSPS) is 17.5. The maximum atomic E-state index is 12.9. The van der Waals surface area contributed by atoms with E-state index in [0.29, 0.717) is 18.1 Å². The zero-order valence-electron chi connectivity index (χ0n) is 14.4. The molecule has 25 heavy (non-hydrogen) atoms. The lowest BCUT2D eigenvalue weighted by atomic mass is 9.89. The molecule has 1 aliphatic rings. The highest BCUT2D eigenvalue weighted by Crippen LogP contribution is 2.32. The third-order valence-corrected chi connectivity index (χ3v) is 4.34. The van der Waals surface area contributed by atoms with Gasteiger partial charge in [-0.25, -0.2) is 0 Å². The maximum Gasteiger partial charge on any atom is 0.228 e. The van der Waals surface area contributed by atoms with Crippen LogP contribution < -0.4 is 10.6 Å². The molecule has 0 saturated heterocycles. The summed E-state index contributed by atoms with van der Waals surface area (Å²) in [5.41, 5.74) is 1.51. The van der Waals surface area contributed by atoms with Crippen molar-refractivity contribution in [2.45, 2.75) is 31.7 Å². The molecule has 2 N–H and O–H groups in total. The summed E-state index contributed by atoms with van der Waals surface area (Å²) in [5, 5.41) is 5.77. The average Bonchev–Trinajstić information content (AvgIpc) is 3.09. The minimum Gasteiger partial charge on any atom is -0.464 e. The number of carbonyl (C=O) groups excluding carboxylic acids is 2. The molecular formula is C19H22N2O4. The van der Waals surface area contributed by atoms with Gasteiger partial charge in [-0.2, -0.15) is 0 Å². The predicted molar refractivity (Wildman–Crippen MR) is 93.3 cm³/mol. The Balaban J connectivity index is 1.81. The zero-order chi connectivity index (χ0) is 17.8. The van der Waals surface area contributed by atoms with Crippen molar-refractivity contribution in [3.05, 3.63) is 53.5 Å². The van der Waals surface area contributed by atoms with Gasteiger partial charge in [-0.15, -0.1) is 0 Å². The van der Waals surface area contributed by atoms with Crippen molar-refractivity contribution in [3.8, 4) is 0 Å². The second-order valence-corrected chi connectivity index (χ2v) is 6.07. The van der Waals surface area contributed by atoms with Crippen molar-refractivity contribution < 1.29 is 18.7 Å². The molecule has 0 bridgehead atoms. The molecule has 1 aromatic heterocycles. The number of rotatable bonds is 6. The molecule has 2 aromatic rings. The minimum atomic E-state index is -0.523.